The van der Waals surface area contributed by atoms with Crippen molar-refractivity contribution in [2.75, 3.05) is 20.8 Å². The van der Waals surface area contributed by atoms with E-state index < -0.39 is 0 Å². The third-order valence-corrected chi connectivity index (χ3v) is 4.21. The summed E-state index contributed by atoms with van der Waals surface area (Å²) in [5.41, 5.74) is 0.863. The molecule has 0 amide bonds. The number of halogens is 1. The SMILES string of the molecule is CCCNC(c1ccc(OC)c(F)c1)c1sccc1OC. The molecule has 0 aliphatic rings. The summed E-state index contributed by atoms with van der Waals surface area (Å²) in [5, 5.41) is 5.43. The molecule has 0 radical (unpaired) electrons. The van der Waals surface area contributed by atoms with Gasteiger partial charge < -0.3 is 14.8 Å². The highest BCUT2D eigenvalue weighted by molar-refractivity contribution is 7.10. The first-order chi connectivity index (χ1) is 10.2. The van der Waals surface area contributed by atoms with Crippen molar-refractivity contribution in [2.24, 2.45) is 0 Å². The summed E-state index contributed by atoms with van der Waals surface area (Å²) in [6.07, 6.45) is 1.00. The van der Waals surface area contributed by atoms with E-state index in [0.717, 1.165) is 29.2 Å². The van der Waals surface area contributed by atoms with Crippen molar-refractivity contribution in [1.82, 2.24) is 5.32 Å². The molecule has 1 unspecified atom stereocenters. The second-order valence-electron chi connectivity index (χ2n) is 4.63. The Kier molecular flexibility index (Phi) is 5.59. The summed E-state index contributed by atoms with van der Waals surface area (Å²) in [7, 11) is 3.12. The maximum absolute atomic E-state index is 14.0. The Hall–Kier alpha value is -1.59. The van der Waals surface area contributed by atoms with Gasteiger partial charge in [-0.15, -0.1) is 11.3 Å². The maximum Gasteiger partial charge on any atom is 0.165 e. The van der Waals surface area contributed by atoms with Crippen molar-refractivity contribution < 1.29 is 13.9 Å². The van der Waals surface area contributed by atoms with Gasteiger partial charge in [0.25, 0.3) is 0 Å². The Balaban J connectivity index is 2.38. The van der Waals surface area contributed by atoms with Crippen LogP contribution in [0.1, 0.15) is 29.8 Å². The Morgan fingerprint density at radius 1 is 1.19 bits per heavy atom. The minimum absolute atomic E-state index is 0.0830. The number of thiophene rings is 1. The fraction of sp³-hybridized carbons (Fsp3) is 0.375. The standard InChI is InChI=1S/C16H20FNO2S/c1-4-8-18-15(16-14(20-3)7-9-21-16)11-5-6-13(19-2)12(17)10-11/h5-7,9-10,15,18H,4,8H2,1-3H3. The lowest BCUT2D eigenvalue weighted by molar-refractivity contribution is 0.385. The number of methoxy groups -OCH3 is 2. The van der Waals surface area contributed by atoms with Crippen LogP contribution in [0.4, 0.5) is 4.39 Å². The summed E-state index contributed by atoms with van der Waals surface area (Å²) in [6, 6.07) is 6.91. The van der Waals surface area contributed by atoms with Crippen molar-refractivity contribution in [3.8, 4) is 11.5 Å². The predicted molar refractivity (Wildman–Crippen MR) is 84.0 cm³/mol. The Labute approximate surface area is 128 Å². The van der Waals surface area contributed by atoms with Gasteiger partial charge in [0.2, 0.25) is 0 Å². The zero-order valence-electron chi connectivity index (χ0n) is 12.5. The molecular formula is C16H20FNO2S. The molecule has 1 aromatic carbocycles. The van der Waals surface area contributed by atoms with Gasteiger partial charge in [0.05, 0.1) is 25.1 Å². The highest BCUT2D eigenvalue weighted by Crippen LogP contribution is 2.35. The van der Waals surface area contributed by atoms with Crippen LogP contribution in [0, 0.1) is 5.82 Å². The van der Waals surface area contributed by atoms with E-state index >= 15 is 0 Å². The van der Waals surface area contributed by atoms with Crippen molar-refractivity contribution in [2.45, 2.75) is 19.4 Å². The first kappa shape index (κ1) is 15.8. The molecule has 1 atom stereocenters. The molecule has 0 aliphatic carbocycles. The fourth-order valence-electron chi connectivity index (χ4n) is 2.20. The molecule has 3 nitrogen and oxygen atoms in total. The lowest BCUT2D eigenvalue weighted by Crippen LogP contribution is -2.23. The molecule has 2 aromatic rings. The molecular weight excluding hydrogens is 289 g/mol. The first-order valence-electron chi connectivity index (χ1n) is 6.89. The molecule has 0 saturated carbocycles. The van der Waals surface area contributed by atoms with Gasteiger partial charge in [0, 0.05) is 0 Å². The van der Waals surface area contributed by atoms with Gasteiger partial charge in [0.15, 0.2) is 11.6 Å². The highest BCUT2D eigenvalue weighted by Gasteiger charge is 2.20. The van der Waals surface area contributed by atoms with Crippen LogP contribution in [-0.2, 0) is 0 Å². The van der Waals surface area contributed by atoms with Crippen molar-refractivity contribution >= 4 is 11.3 Å². The topological polar surface area (TPSA) is 30.5 Å². The van der Waals surface area contributed by atoms with Gasteiger partial charge in [-0.1, -0.05) is 13.0 Å². The molecule has 2 rings (SSSR count). The van der Waals surface area contributed by atoms with E-state index in [1.807, 2.05) is 17.5 Å². The molecule has 21 heavy (non-hydrogen) atoms. The molecule has 1 N–H and O–H groups in total. The number of rotatable bonds is 7. The normalized spacial score (nSPS) is 12.2. The van der Waals surface area contributed by atoms with Crippen LogP contribution in [0.3, 0.4) is 0 Å². The maximum atomic E-state index is 14.0. The second-order valence-corrected chi connectivity index (χ2v) is 5.58. The Morgan fingerprint density at radius 3 is 2.57 bits per heavy atom. The lowest BCUT2D eigenvalue weighted by atomic mass is 10.0. The van der Waals surface area contributed by atoms with E-state index in [2.05, 4.69) is 12.2 Å². The van der Waals surface area contributed by atoms with E-state index in [4.69, 9.17) is 9.47 Å². The molecule has 0 spiro atoms. The summed E-state index contributed by atoms with van der Waals surface area (Å²) in [4.78, 5) is 1.05. The second kappa shape index (κ2) is 7.43. The Bertz CT molecular complexity index is 585. The van der Waals surface area contributed by atoms with Crippen LogP contribution in [-0.4, -0.2) is 20.8 Å². The molecule has 0 saturated heterocycles. The minimum Gasteiger partial charge on any atom is -0.496 e. The van der Waals surface area contributed by atoms with Crippen LogP contribution >= 0.6 is 11.3 Å². The number of hydrogen-bond donors (Lipinski definition) is 1. The van der Waals surface area contributed by atoms with Crippen LogP contribution in [0.15, 0.2) is 29.6 Å². The average Bonchev–Trinajstić information content (AvgIpc) is 2.96. The zero-order chi connectivity index (χ0) is 15.2. The number of nitrogens with one attached hydrogen (secondary N) is 1. The first-order valence-corrected chi connectivity index (χ1v) is 7.77. The van der Waals surface area contributed by atoms with Crippen molar-refractivity contribution in [3.63, 3.8) is 0 Å². The third-order valence-electron chi connectivity index (χ3n) is 3.25. The minimum atomic E-state index is -0.353. The fourth-order valence-corrected chi connectivity index (χ4v) is 3.16. The molecule has 1 heterocycles. The van der Waals surface area contributed by atoms with E-state index in [9.17, 15) is 4.39 Å². The van der Waals surface area contributed by atoms with Gasteiger partial charge in [0.1, 0.15) is 5.75 Å². The molecule has 1 aromatic heterocycles. The van der Waals surface area contributed by atoms with E-state index in [1.165, 1.54) is 13.2 Å². The zero-order valence-corrected chi connectivity index (χ0v) is 13.3. The summed E-state index contributed by atoms with van der Waals surface area (Å²) in [5.74, 6) is 0.727. The molecule has 114 valence electrons. The monoisotopic (exact) mass is 309 g/mol. The van der Waals surface area contributed by atoms with E-state index in [1.54, 1.807) is 24.5 Å². The van der Waals surface area contributed by atoms with Crippen molar-refractivity contribution in [3.05, 3.63) is 45.9 Å². The van der Waals surface area contributed by atoms with Gasteiger partial charge in [-0.25, -0.2) is 4.39 Å². The summed E-state index contributed by atoms with van der Waals surface area (Å²) >= 11 is 1.60. The summed E-state index contributed by atoms with van der Waals surface area (Å²) in [6.45, 7) is 2.95. The summed E-state index contributed by atoms with van der Waals surface area (Å²) < 4.78 is 24.4. The largest absolute Gasteiger partial charge is 0.496 e. The van der Waals surface area contributed by atoms with Gasteiger partial charge >= 0.3 is 0 Å². The van der Waals surface area contributed by atoms with Gasteiger partial charge in [-0.2, -0.15) is 0 Å². The molecule has 0 aliphatic heterocycles. The molecule has 0 fully saturated rings. The lowest BCUT2D eigenvalue weighted by Gasteiger charge is -2.19. The third kappa shape index (κ3) is 3.54. The highest BCUT2D eigenvalue weighted by atomic mass is 32.1. The molecule has 5 heteroatoms. The smallest absolute Gasteiger partial charge is 0.165 e. The van der Waals surface area contributed by atoms with Crippen molar-refractivity contribution in [1.29, 1.82) is 0 Å². The van der Waals surface area contributed by atoms with E-state index in [-0.39, 0.29) is 17.6 Å². The van der Waals surface area contributed by atoms with Crippen LogP contribution in [0.5, 0.6) is 11.5 Å². The number of hydrogen-bond acceptors (Lipinski definition) is 4. The van der Waals surface area contributed by atoms with Crippen LogP contribution in [0.25, 0.3) is 0 Å². The Morgan fingerprint density at radius 2 is 1.95 bits per heavy atom. The average molecular weight is 309 g/mol. The predicted octanol–water partition coefficient (Wildman–Crippen LogP) is 3.99. The quantitative estimate of drug-likeness (QED) is 0.839. The van der Waals surface area contributed by atoms with Gasteiger partial charge in [-0.05, 0) is 42.1 Å². The van der Waals surface area contributed by atoms with Crippen LogP contribution in [0.2, 0.25) is 0 Å². The van der Waals surface area contributed by atoms with Gasteiger partial charge in [-0.3, -0.25) is 0 Å². The number of benzene rings is 1. The number of ether oxygens (including phenoxy) is 2. The van der Waals surface area contributed by atoms with Crippen LogP contribution < -0.4 is 14.8 Å². The molecule has 0 bridgehead atoms. The van der Waals surface area contributed by atoms with E-state index in [0.29, 0.717) is 0 Å².